The minimum Gasteiger partial charge on any atom is -0.378 e. The topological polar surface area (TPSA) is 12.0 Å². The minimum atomic E-state index is 0.385. The van der Waals surface area contributed by atoms with Crippen LogP contribution < -0.4 is 5.32 Å². The number of rotatable bonds is 0. The SMILES string of the molecule is C=C1C=C(C)C(C)Nc2ccccc21. The van der Waals surface area contributed by atoms with E-state index >= 15 is 0 Å². The summed E-state index contributed by atoms with van der Waals surface area (Å²) < 4.78 is 0. The number of nitrogens with one attached hydrogen (secondary N) is 1. The summed E-state index contributed by atoms with van der Waals surface area (Å²) in [7, 11) is 0. The van der Waals surface area contributed by atoms with Gasteiger partial charge in [-0.25, -0.2) is 0 Å². The minimum absolute atomic E-state index is 0.385. The molecule has 1 nitrogen and oxygen atoms in total. The van der Waals surface area contributed by atoms with Crippen molar-refractivity contribution in [2.24, 2.45) is 0 Å². The first kappa shape index (κ1) is 9.07. The molecule has 14 heavy (non-hydrogen) atoms. The van der Waals surface area contributed by atoms with Gasteiger partial charge in [0.2, 0.25) is 0 Å². The number of benzene rings is 1. The van der Waals surface area contributed by atoms with Crippen molar-refractivity contribution in [3.8, 4) is 0 Å². The van der Waals surface area contributed by atoms with Crippen molar-refractivity contribution in [2.75, 3.05) is 5.32 Å². The lowest BCUT2D eigenvalue weighted by molar-refractivity contribution is 0.929. The fourth-order valence-corrected chi connectivity index (χ4v) is 1.71. The highest BCUT2D eigenvalue weighted by Gasteiger charge is 2.13. The average molecular weight is 185 g/mol. The quantitative estimate of drug-likeness (QED) is 0.652. The van der Waals surface area contributed by atoms with E-state index in [9.17, 15) is 0 Å². The van der Waals surface area contributed by atoms with E-state index in [-0.39, 0.29) is 0 Å². The summed E-state index contributed by atoms with van der Waals surface area (Å²) in [5.41, 5.74) is 4.80. The summed E-state index contributed by atoms with van der Waals surface area (Å²) in [4.78, 5) is 0. The van der Waals surface area contributed by atoms with Gasteiger partial charge in [0.1, 0.15) is 0 Å². The van der Waals surface area contributed by atoms with Crippen LogP contribution in [0.15, 0.2) is 42.5 Å². The van der Waals surface area contributed by atoms with Crippen molar-refractivity contribution in [3.05, 3.63) is 48.1 Å². The number of anilines is 1. The number of para-hydroxylation sites is 1. The van der Waals surface area contributed by atoms with Crippen LogP contribution in [0.4, 0.5) is 5.69 Å². The first-order valence-corrected chi connectivity index (χ1v) is 4.91. The molecule has 0 saturated heterocycles. The molecule has 1 aliphatic rings. The molecule has 0 aromatic heterocycles. The molecule has 0 fully saturated rings. The van der Waals surface area contributed by atoms with Gasteiger partial charge in [0.25, 0.3) is 0 Å². The van der Waals surface area contributed by atoms with E-state index in [2.05, 4.69) is 44.0 Å². The number of allylic oxidation sites excluding steroid dienone is 2. The smallest absolute Gasteiger partial charge is 0.0446 e. The highest BCUT2D eigenvalue weighted by molar-refractivity contribution is 5.83. The predicted octanol–water partition coefficient (Wildman–Crippen LogP) is 3.46. The second kappa shape index (κ2) is 3.33. The van der Waals surface area contributed by atoms with Crippen LogP contribution in [0, 0.1) is 0 Å². The Balaban J connectivity index is 2.53. The number of hydrogen-bond donors (Lipinski definition) is 1. The number of hydrogen-bond acceptors (Lipinski definition) is 1. The first-order chi connectivity index (χ1) is 6.68. The van der Waals surface area contributed by atoms with E-state index in [1.807, 2.05) is 12.1 Å². The Morgan fingerprint density at radius 2 is 2.00 bits per heavy atom. The maximum atomic E-state index is 4.08. The normalized spacial score (nSPS) is 20.6. The summed E-state index contributed by atoms with van der Waals surface area (Å²) in [6.07, 6.45) is 2.16. The molecule has 0 radical (unpaired) electrons. The van der Waals surface area contributed by atoms with E-state index in [4.69, 9.17) is 0 Å². The third-order valence-electron chi connectivity index (χ3n) is 2.73. The summed E-state index contributed by atoms with van der Waals surface area (Å²) in [5, 5.41) is 3.47. The van der Waals surface area contributed by atoms with E-state index < -0.39 is 0 Å². The molecular weight excluding hydrogens is 170 g/mol. The van der Waals surface area contributed by atoms with Gasteiger partial charge in [-0.05, 0) is 25.5 Å². The van der Waals surface area contributed by atoms with Crippen molar-refractivity contribution < 1.29 is 0 Å². The Morgan fingerprint density at radius 1 is 1.29 bits per heavy atom. The molecule has 1 heterocycles. The lowest BCUT2D eigenvalue weighted by atomic mass is 10.0. The van der Waals surface area contributed by atoms with E-state index in [1.165, 1.54) is 16.8 Å². The average Bonchev–Trinajstić information content (AvgIpc) is 2.27. The van der Waals surface area contributed by atoms with Gasteiger partial charge in [0.05, 0.1) is 0 Å². The third-order valence-corrected chi connectivity index (χ3v) is 2.73. The zero-order valence-electron chi connectivity index (χ0n) is 8.67. The van der Waals surface area contributed by atoms with Crippen molar-refractivity contribution >= 4 is 11.3 Å². The van der Waals surface area contributed by atoms with Crippen LogP contribution >= 0.6 is 0 Å². The van der Waals surface area contributed by atoms with Gasteiger partial charge in [-0.3, -0.25) is 0 Å². The van der Waals surface area contributed by atoms with Crippen LogP contribution in [0.2, 0.25) is 0 Å². The molecule has 0 spiro atoms. The Hall–Kier alpha value is -1.50. The molecule has 0 bridgehead atoms. The van der Waals surface area contributed by atoms with Gasteiger partial charge >= 0.3 is 0 Å². The zero-order chi connectivity index (χ0) is 10.1. The van der Waals surface area contributed by atoms with Crippen molar-refractivity contribution in [1.29, 1.82) is 0 Å². The zero-order valence-corrected chi connectivity index (χ0v) is 8.67. The van der Waals surface area contributed by atoms with Gasteiger partial charge in [-0.15, -0.1) is 0 Å². The predicted molar refractivity (Wildman–Crippen MR) is 62.3 cm³/mol. The summed E-state index contributed by atoms with van der Waals surface area (Å²) in [5.74, 6) is 0. The largest absolute Gasteiger partial charge is 0.378 e. The summed E-state index contributed by atoms with van der Waals surface area (Å²) >= 11 is 0. The standard InChI is InChI=1S/C13H15N/c1-9-8-10(2)12-6-4-5-7-13(12)14-11(9)3/h4-8,11,14H,2H2,1,3H3. The van der Waals surface area contributed by atoms with Gasteiger partial charge in [0, 0.05) is 17.3 Å². The van der Waals surface area contributed by atoms with E-state index in [0.29, 0.717) is 6.04 Å². The highest BCUT2D eigenvalue weighted by atomic mass is 14.9. The van der Waals surface area contributed by atoms with Crippen molar-refractivity contribution in [2.45, 2.75) is 19.9 Å². The Morgan fingerprint density at radius 3 is 2.79 bits per heavy atom. The molecule has 1 heteroatoms. The van der Waals surface area contributed by atoms with Gasteiger partial charge in [0.15, 0.2) is 0 Å². The lowest BCUT2D eigenvalue weighted by Crippen LogP contribution is -2.15. The van der Waals surface area contributed by atoms with Crippen LogP contribution in [-0.4, -0.2) is 6.04 Å². The van der Waals surface area contributed by atoms with Crippen LogP contribution in [0.3, 0.4) is 0 Å². The molecule has 1 aliphatic heterocycles. The molecule has 1 unspecified atom stereocenters. The van der Waals surface area contributed by atoms with Crippen LogP contribution in [-0.2, 0) is 0 Å². The monoisotopic (exact) mass is 185 g/mol. The second-order valence-corrected chi connectivity index (χ2v) is 3.83. The maximum absolute atomic E-state index is 4.08. The molecule has 0 aliphatic carbocycles. The van der Waals surface area contributed by atoms with Crippen LogP contribution in [0.1, 0.15) is 19.4 Å². The molecular formula is C13H15N. The molecule has 1 N–H and O–H groups in total. The van der Waals surface area contributed by atoms with Crippen molar-refractivity contribution in [1.82, 2.24) is 0 Å². The lowest BCUT2D eigenvalue weighted by Gasteiger charge is -2.14. The Kier molecular flexibility index (Phi) is 2.16. The van der Waals surface area contributed by atoms with E-state index in [0.717, 1.165) is 5.57 Å². The maximum Gasteiger partial charge on any atom is 0.0446 e. The molecule has 1 aromatic carbocycles. The highest BCUT2D eigenvalue weighted by Crippen LogP contribution is 2.29. The Bertz CT molecular complexity index is 401. The second-order valence-electron chi connectivity index (χ2n) is 3.83. The molecule has 72 valence electrons. The molecule has 0 amide bonds. The third kappa shape index (κ3) is 1.46. The van der Waals surface area contributed by atoms with Gasteiger partial charge < -0.3 is 5.32 Å². The van der Waals surface area contributed by atoms with Crippen molar-refractivity contribution in [3.63, 3.8) is 0 Å². The first-order valence-electron chi connectivity index (χ1n) is 4.91. The Labute approximate surface area is 85.2 Å². The summed E-state index contributed by atoms with van der Waals surface area (Å²) in [6.45, 7) is 8.39. The van der Waals surface area contributed by atoms with Crippen LogP contribution in [0.25, 0.3) is 5.57 Å². The molecule has 1 aromatic rings. The summed E-state index contributed by atoms with van der Waals surface area (Å²) in [6, 6.07) is 8.68. The van der Waals surface area contributed by atoms with Gasteiger partial charge in [-0.2, -0.15) is 0 Å². The fourth-order valence-electron chi connectivity index (χ4n) is 1.71. The molecule has 2 rings (SSSR count). The van der Waals surface area contributed by atoms with E-state index in [1.54, 1.807) is 0 Å². The molecule has 0 saturated carbocycles. The fraction of sp³-hybridized carbons (Fsp3) is 0.231. The molecule has 1 atom stereocenters. The number of fused-ring (bicyclic) bond motifs is 1. The van der Waals surface area contributed by atoms with Gasteiger partial charge in [-0.1, -0.05) is 36.4 Å². The van der Waals surface area contributed by atoms with Crippen LogP contribution in [0.5, 0.6) is 0 Å².